The number of hydrogen-bond donors (Lipinski definition) is 1. The molecule has 1 fully saturated rings. The summed E-state index contributed by atoms with van der Waals surface area (Å²) < 4.78 is 24.5. The molecule has 156 valence electrons. The van der Waals surface area contributed by atoms with Crippen molar-refractivity contribution in [3.05, 3.63) is 68.0 Å². The van der Waals surface area contributed by atoms with Crippen LogP contribution < -0.4 is 10.1 Å². The minimum Gasteiger partial charge on any atom is -0.487 e. The molecule has 1 heterocycles. The number of nitrogens with one attached hydrogen (secondary N) is 1. The molecule has 2 aromatic carbocycles. The van der Waals surface area contributed by atoms with Crippen LogP contribution in [0.3, 0.4) is 0 Å². The number of benzene rings is 2. The molecule has 1 aliphatic heterocycles. The molecule has 10 heteroatoms. The lowest BCUT2D eigenvalue weighted by Crippen LogP contribution is -2.36. The fraction of sp³-hybridized carbons (Fsp3) is 0.150. The molecule has 0 aliphatic carbocycles. The highest BCUT2D eigenvalue weighted by Crippen LogP contribution is 2.36. The van der Waals surface area contributed by atoms with Gasteiger partial charge in [0.15, 0.2) is 0 Å². The van der Waals surface area contributed by atoms with E-state index in [4.69, 9.17) is 4.74 Å². The number of esters is 1. The van der Waals surface area contributed by atoms with Crippen molar-refractivity contribution in [3.63, 3.8) is 0 Å². The van der Waals surface area contributed by atoms with Gasteiger partial charge in [0, 0.05) is 0 Å². The lowest BCUT2D eigenvalue weighted by Gasteiger charge is -2.12. The van der Waals surface area contributed by atoms with E-state index in [-0.39, 0.29) is 18.1 Å². The molecule has 1 N–H and O–H groups in total. The highest BCUT2D eigenvalue weighted by molar-refractivity contribution is 9.11. The van der Waals surface area contributed by atoms with Crippen LogP contribution in [-0.2, 0) is 20.9 Å². The largest absolute Gasteiger partial charge is 0.487 e. The second-order valence-corrected chi connectivity index (χ2v) is 7.89. The van der Waals surface area contributed by atoms with E-state index in [1.165, 1.54) is 25.3 Å². The molecule has 7 nitrogen and oxygen atoms in total. The summed E-state index contributed by atoms with van der Waals surface area (Å²) in [4.78, 5) is 36.5. The van der Waals surface area contributed by atoms with Crippen molar-refractivity contribution in [2.24, 2.45) is 0 Å². The number of ether oxygens (including phenoxy) is 2. The van der Waals surface area contributed by atoms with Crippen molar-refractivity contribution in [1.82, 2.24) is 10.2 Å². The van der Waals surface area contributed by atoms with E-state index in [9.17, 15) is 18.8 Å². The highest BCUT2D eigenvalue weighted by Gasteiger charge is 2.35. The van der Waals surface area contributed by atoms with Crippen LogP contribution in [0.4, 0.5) is 9.18 Å². The number of carbonyl (C=O) groups is 3. The number of halogens is 3. The van der Waals surface area contributed by atoms with Gasteiger partial charge in [-0.1, -0.05) is 12.1 Å². The van der Waals surface area contributed by atoms with Crippen molar-refractivity contribution >= 4 is 55.8 Å². The van der Waals surface area contributed by atoms with Gasteiger partial charge in [-0.15, -0.1) is 0 Å². The van der Waals surface area contributed by atoms with Crippen LogP contribution in [0.5, 0.6) is 5.75 Å². The molecule has 1 saturated heterocycles. The normalized spacial score (nSPS) is 14.8. The monoisotopic (exact) mass is 540 g/mol. The Morgan fingerprint density at radius 1 is 1.17 bits per heavy atom. The van der Waals surface area contributed by atoms with Crippen LogP contribution in [0.15, 0.2) is 51.0 Å². The Balaban J connectivity index is 1.76. The minimum atomic E-state index is -0.701. The van der Waals surface area contributed by atoms with E-state index in [0.29, 0.717) is 20.3 Å². The predicted molar refractivity (Wildman–Crippen MR) is 113 cm³/mol. The van der Waals surface area contributed by atoms with Crippen molar-refractivity contribution in [2.45, 2.75) is 6.61 Å². The first kappa shape index (κ1) is 22.0. The van der Waals surface area contributed by atoms with E-state index in [1.54, 1.807) is 24.3 Å². The lowest BCUT2D eigenvalue weighted by molar-refractivity contribution is -0.143. The molecule has 0 bridgehead atoms. The molecule has 0 spiro atoms. The zero-order valence-electron chi connectivity index (χ0n) is 15.6. The summed E-state index contributed by atoms with van der Waals surface area (Å²) in [5.41, 5.74) is 1.43. The van der Waals surface area contributed by atoms with E-state index in [1.807, 2.05) is 0 Å². The maximum absolute atomic E-state index is 13.0. The van der Waals surface area contributed by atoms with Gasteiger partial charge in [0.05, 0.1) is 16.1 Å². The zero-order valence-corrected chi connectivity index (χ0v) is 18.8. The van der Waals surface area contributed by atoms with Crippen molar-refractivity contribution in [3.8, 4) is 5.75 Å². The van der Waals surface area contributed by atoms with Gasteiger partial charge < -0.3 is 14.8 Å². The summed E-state index contributed by atoms with van der Waals surface area (Å²) in [5.74, 6) is -1.13. The Morgan fingerprint density at radius 2 is 1.80 bits per heavy atom. The van der Waals surface area contributed by atoms with Gasteiger partial charge in [-0.05, 0) is 73.3 Å². The molecular weight excluding hydrogens is 527 g/mol. The molecule has 0 radical (unpaired) electrons. The molecular formula is C20H15Br2FN2O5. The third-order valence-corrected chi connectivity index (χ3v) is 5.28. The molecule has 30 heavy (non-hydrogen) atoms. The molecule has 1 aliphatic rings. The molecule has 0 aromatic heterocycles. The lowest BCUT2D eigenvalue weighted by atomic mass is 10.2. The van der Waals surface area contributed by atoms with E-state index < -0.39 is 24.5 Å². The first-order chi connectivity index (χ1) is 14.3. The topological polar surface area (TPSA) is 84.9 Å². The summed E-state index contributed by atoms with van der Waals surface area (Å²) in [6, 6.07) is 8.69. The predicted octanol–water partition coefficient (Wildman–Crippen LogP) is 4.00. The number of amides is 3. The number of imide groups is 1. The highest BCUT2D eigenvalue weighted by atomic mass is 79.9. The summed E-state index contributed by atoms with van der Waals surface area (Å²) in [5, 5.41) is 2.43. The minimum absolute atomic E-state index is 0.0303. The third-order valence-electron chi connectivity index (χ3n) is 4.11. The molecule has 0 unspecified atom stereocenters. The van der Waals surface area contributed by atoms with Crippen LogP contribution in [0.25, 0.3) is 6.08 Å². The Hall–Kier alpha value is -2.72. The number of carbonyl (C=O) groups excluding carboxylic acids is 3. The second kappa shape index (κ2) is 9.40. The maximum atomic E-state index is 13.0. The number of rotatable bonds is 6. The first-order valence-corrected chi connectivity index (χ1v) is 10.1. The fourth-order valence-corrected chi connectivity index (χ4v) is 4.06. The van der Waals surface area contributed by atoms with Crippen LogP contribution in [0, 0.1) is 5.82 Å². The van der Waals surface area contributed by atoms with E-state index in [0.717, 1.165) is 10.5 Å². The summed E-state index contributed by atoms with van der Waals surface area (Å²) in [6.45, 7) is -0.239. The number of urea groups is 1. The van der Waals surface area contributed by atoms with E-state index in [2.05, 4.69) is 41.9 Å². The van der Waals surface area contributed by atoms with Crippen molar-refractivity contribution in [2.75, 3.05) is 13.7 Å². The Bertz CT molecular complexity index is 1020. The average molecular weight is 542 g/mol. The van der Waals surface area contributed by atoms with Gasteiger partial charge in [-0.25, -0.2) is 14.1 Å². The molecule has 2 aromatic rings. The third kappa shape index (κ3) is 5.06. The Morgan fingerprint density at radius 3 is 2.40 bits per heavy atom. The van der Waals surface area contributed by atoms with Gasteiger partial charge >= 0.3 is 12.0 Å². The van der Waals surface area contributed by atoms with Crippen LogP contribution in [-0.4, -0.2) is 36.5 Å². The fourth-order valence-electron chi connectivity index (χ4n) is 2.61. The second-order valence-electron chi connectivity index (χ2n) is 6.18. The Labute approximate surface area is 188 Å². The van der Waals surface area contributed by atoms with Gasteiger partial charge in [-0.2, -0.15) is 0 Å². The summed E-state index contributed by atoms with van der Waals surface area (Å²) in [7, 11) is 1.17. The number of hydrogen-bond acceptors (Lipinski definition) is 5. The molecule has 0 atom stereocenters. The van der Waals surface area contributed by atoms with Gasteiger partial charge in [0.25, 0.3) is 5.91 Å². The van der Waals surface area contributed by atoms with Gasteiger partial charge in [0.2, 0.25) is 0 Å². The SMILES string of the molecule is COC(=O)CN1C(=O)N/C(=C/c2cc(Br)c(OCc3ccc(F)cc3)c(Br)c2)C1=O. The zero-order chi connectivity index (χ0) is 21.8. The van der Waals surface area contributed by atoms with Crippen LogP contribution in [0.1, 0.15) is 11.1 Å². The molecule has 0 saturated carbocycles. The van der Waals surface area contributed by atoms with Crippen molar-refractivity contribution < 1.29 is 28.2 Å². The summed E-state index contributed by atoms with van der Waals surface area (Å²) in [6.07, 6.45) is 1.48. The van der Waals surface area contributed by atoms with Crippen LogP contribution in [0.2, 0.25) is 0 Å². The molecule has 3 amide bonds. The smallest absolute Gasteiger partial charge is 0.329 e. The quantitative estimate of drug-likeness (QED) is 0.339. The summed E-state index contributed by atoms with van der Waals surface area (Å²) >= 11 is 6.85. The Kier molecular flexibility index (Phi) is 6.88. The average Bonchev–Trinajstić information content (AvgIpc) is 2.96. The van der Waals surface area contributed by atoms with Crippen LogP contribution >= 0.6 is 31.9 Å². The van der Waals surface area contributed by atoms with Gasteiger partial charge in [0.1, 0.15) is 30.4 Å². The first-order valence-electron chi connectivity index (χ1n) is 8.56. The van der Waals surface area contributed by atoms with Crippen molar-refractivity contribution in [1.29, 1.82) is 0 Å². The standard InChI is InChI=1S/C20H15Br2FN2O5/c1-29-17(26)9-25-19(27)16(24-20(25)28)8-12-6-14(21)18(15(22)7-12)30-10-11-2-4-13(23)5-3-11/h2-8H,9-10H2,1H3,(H,24,28)/b16-8+. The maximum Gasteiger partial charge on any atom is 0.329 e. The van der Waals surface area contributed by atoms with Gasteiger partial charge in [-0.3, -0.25) is 9.59 Å². The van der Waals surface area contributed by atoms with E-state index >= 15 is 0 Å². The molecule has 3 rings (SSSR count). The number of methoxy groups -OCH3 is 1. The number of nitrogens with zero attached hydrogens (tertiary/aromatic N) is 1.